The van der Waals surface area contributed by atoms with Gasteiger partial charge >= 0.3 is 0 Å². The summed E-state index contributed by atoms with van der Waals surface area (Å²) in [6.45, 7) is 3.32. The fourth-order valence-electron chi connectivity index (χ4n) is 1.93. The molecule has 2 rings (SSSR count). The summed E-state index contributed by atoms with van der Waals surface area (Å²) in [6, 6.07) is 12.9. The maximum absolute atomic E-state index is 8.52. The molecule has 1 N–H and O–H groups in total. The van der Waals surface area contributed by atoms with Crippen LogP contribution >= 0.6 is 15.9 Å². The van der Waals surface area contributed by atoms with Crippen molar-refractivity contribution in [3.63, 3.8) is 0 Å². The van der Waals surface area contributed by atoms with Crippen molar-refractivity contribution in [3.8, 4) is 17.2 Å². The molecule has 23 heavy (non-hydrogen) atoms. The molecule has 0 saturated carbocycles. The average Bonchev–Trinajstić information content (AvgIpc) is 2.55. The molecule has 122 valence electrons. The Hall–Kier alpha value is -2.21. The molecule has 0 unspecified atom stereocenters. The number of benzene rings is 2. The van der Waals surface area contributed by atoms with E-state index >= 15 is 0 Å². The van der Waals surface area contributed by atoms with Crippen molar-refractivity contribution in [3.05, 3.63) is 52.5 Å². The number of hydrogen-bond donors (Lipinski definition) is 1. The van der Waals surface area contributed by atoms with E-state index in [0.717, 1.165) is 15.8 Å². The Labute approximate surface area is 143 Å². The molecule has 5 nitrogen and oxygen atoms in total. The van der Waals surface area contributed by atoms with E-state index in [1.807, 2.05) is 31.2 Å². The standard InChI is InChI=1S/C17H18BrNO4/c1-2-21-16-5-3-4-6-17(16)23-10-9-22-15-8-7-13(12-19-20)11-14(15)18/h3-8,11-12,20H,2,9-10H2,1H3. The summed E-state index contributed by atoms with van der Waals surface area (Å²) in [4.78, 5) is 0. The molecule has 0 saturated heterocycles. The van der Waals surface area contributed by atoms with E-state index in [-0.39, 0.29) is 0 Å². The minimum Gasteiger partial charge on any atom is -0.490 e. The van der Waals surface area contributed by atoms with Crippen LogP contribution in [0.4, 0.5) is 0 Å². The molecule has 0 aromatic heterocycles. The largest absolute Gasteiger partial charge is 0.490 e. The zero-order chi connectivity index (χ0) is 16.5. The Balaban J connectivity index is 1.86. The van der Waals surface area contributed by atoms with Gasteiger partial charge in [0, 0.05) is 0 Å². The van der Waals surface area contributed by atoms with Crippen LogP contribution in [0, 0.1) is 0 Å². The third kappa shape index (κ3) is 5.17. The molecular weight excluding hydrogens is 362 g/mol. The van der Waals surface area contributed by atoms with E-state index in [4.69, 9.17) is 19.4 Å². The van der Waals surface area contributed by atoms with Crippen molar-refractivity contribution in [2.45, 2.75) is 6.92 Å². The first-order chi connectivity index (χ1) is 11.2. The first kappa shape index (κ1) is 17.1. The first-order valence-electron chi connectivity index (χ1n) is 7.19. The highest BCUT2D eigenvalue weighted by Gasteiger charge is 2.05. The van der Waals surface area contributed by atoms with Gasteiger partial charge in [0.2, 0.25) is 0 Å². The van der Waals surface area contributed by atoms with Crippen LogP contribution in [0.5, 0.6) is 17.2 Å². The fourth-order valence-corrected chi connectivity index (χ4v) is 2.44. The van der Waals surface area contributed by atoms with Crippen molar-refractivity contribution in [1.82, 2.24) is 0 Å². The van der Waals surface area contributed by atoms with Crippen LogP contribution in [0.15, 0.2) is 52.1 Å². The molecule has 0 aliphatic heterocycles. The van der Waals surface area contributed by atoms with Gasteiger partial charge < -0.3 is 19.4 Å². The van der Waals surface area contributed by atoms with E-state index in [1.54, 1.807) is 18.2 Å². The van der Waals surface area contributed by atoms with E-state index in [0.29, 0.717) is 31.3 Å². The predicted octanol–water partition coefficient (Wildman–Crippen LogP) is 4.11. The van der Waals surface area contributed by atoms with Crippen LogP contribution in [0.3, 0.4) is 0 Å². The highest BCUT2D eigenvalue weighted by atomic mass is 79.9. The Bertz CT molecular complexity index is 661. The number of oxime groups is 1. The molecule has 0 bridgehead atoms. The van der Waals surface area contributed by atoms with Crippen LogP contribution < -0.4 is 14.2 Å². The highest BCUT2D eigenvalue weighted by Crippen LogP contribution is 2.27. The molecule has 2 aromatic rings. The predicted molar refractivity (Wildman–Crippen MR) is 92.1 cm³/mol. The Kier molecular flexibility index (Phi) is 6.75. The molecule has 0 aliphatic carbocycles. The van der Waals surface area contributed by atoms with E-state index in [9.17, 15) is 0 Å². The number of para-hydroxylation sites is 2. The van der Waals surface area contributed by atoms with Crippen molar-refractivity contribution in [1.29, 1.82) is 0 Å². The smallest absolute Gasteiger partial charge is 0.161 e. The van der Waals surface area contributed by atoms with Gasteiger partial charge in [-0.3, -0.25) is 0 Å². The van der Waals surface area contributed by atoms with Gasteiger partial charge in [-0.05, 0) is 58.7 Å². The van der Waals surface area contributed by atoms with Crippen molar-refractivity contribution >= 4 is 22.1 Å². The molecule has 0 heterocycles. The van der Waals surface area contributed by atoms with Crippen LogP contribution in [-0.4, -0.2) is 31.2 Å². The summed E-state index contributed by atoms with van der Waals surface area (Å²) in [6.07, 6.45) is 1.35. The molecule has 0 aliphatic rings. The maximum atomic E-state index is 8.52. The van der Waals surface area contributed by atoms with Crippen LogP contribution in [0.2, 0.25) is 0 Å². The van der Waals surface area contributed by atoms with Crippen molar-refractivity contribution < 1.29 is 19.4 Å². The van der Waals surface area contributed by atoms with Gasteiger partial charge in [0.25, 0.3) is 0 Å². The molecular formula is C17H18BrNO4. The topological polar surface area (TPSA) is 60.3 Å². The SMILES string of the molecule is CCOc1ccccc1OCCOc1ccc(C=NO)cc1Br. The first-order valence-corrected chi connectivity index (χ1v) is 7.98. The lowest BCUT2D eigenvalue weighted by Gasteiger charge is -2.12. The third-order valence-corrected chi connectivity index (χ3v) is 3.53. The number of ether oxygens (including phenoxy) is 3. The normalized spacial score (nSPS) is 10.7. The molecule has 0 fully saturated rings. The summed E-state index contributed by atoms with van der Waals surface area (Å²) >= 11 is 3.42. The van der Waals surface area contributed by atoms with Gasteiger partial charge in [0.05, 0.1) is 17.3 Å². The van der Waals surface area contributed by atoms with Gasteiger partial charge in [-0.25, -0.2) is 0 Å². The van der Waals surface area contributed by atoms with Crippen molar-refractivity contribution in [2.24, 2.45) is 5.16 Å². The monoisotopic (exact) mass is 379 g/mol. The number of rotatable bonds is 8. The summed E-state index contributed by atoms with van der Waals surface area (Å²) in [5, 5.41) is 11.5. The lowest BCUT2D eigenvalue weighted by Crippen LogP contribution is -2.10. The van der Waals surface area contributed by atoms with Gasteiger partial charge in [0.1, 0.15) is 19.0 Å². The van der Waals surface area contributed by atoms with Gasteiger partial charge in [-0.15, -0.1) is 0 Å². The zero-order valence-electron chi connectivity index (χ0n) is 12.7. The lowest BCUT2D eigenvalue weighted by molar-refractivity contribution is 0.207. The Morgan fingerprint density at radius 2 is 1.65 bits per heavy atom. The number of hydrogen-bond acceptors (Lipinski definition) is 5. The second kappa shape index (κ2) is 9.05. The summed E-state index contributed by atoms with van der Waals surface area (Å²) in [5.41, 5.74) is 0.772. The minimum absolute atomic E-state index is 0.395. The summed E-state index contributed by atoms with van der Waals surface area (Å²) in [5.74, 6) is 2.12. The van der Waals surface area contributed by atoms with Crippen LogP contribution in [0.1, 0.15) is 12.5 Å². The van der Waals surface area contributed by atoms with E-state index < -0.39 is 0 Å². The molecule has 0 spiro atoms. The van der Waals surface area contributed by atoms with Gasteiger partial charge in [0.15, 0.2) is 11.5 Å². The molecule has 0 atom stereocenters. The highest BCUT2D eigenvalue weighted by molar-refractivity contribution is 9.10. The Morgan fingerprint density at radius 3 is 2.26 bits per heavy atom. The molecule has 0 radical (unpaired) electrons. The summed E-state index contributed by atoms with van der Waals surface area (Å²) < 4.78 is 17.6. The zero-order valence-corrected chi connectivity index (χ0v) is 14.3. The van der Waals surface area contributed by atoms with Crippen LogP contribution in [-0.2, 0) is 0 Å². The van der Waals surface area contributed by atoms with Crippen molar-refractivity contribution in [2.75, 3.05) is 19.8 Å². The molecule has 0 amide bonds. The fraction of sp³-hybridized carbons (Fsp3) is 0.235. The maximum Gasteiger partial charge on any atom is 0.161 e. The lowest BCUT2D eigenvalue weighted by atomic mass is 10.2. The van der Waals surface area contributed by atoms with E-state index in [2.05, 4.69) is 21.1 Å². The van der Waals surface area contributed by atoms with E-state index in [1.165, 1.54) is 6.21 Å². The average molecular weight is 380 g/mol. The number of halogens is 1. The minimum atomic E-state index is 0.395. The summed E-state index contributed by atoms with van der Waals surface area (Å²) in [7, 11) is 0. The Morgan fingerprint density at radius 1 is 1.00 bits per heavy atom. The molecule has 2 aromatic carbocycles. The van der Waals surface area contributed by atoms with Gasteiger partial charge in [-0.1, -0.05) is 17.3 Å². The van der Waals surface area contributed by atoms with Crippen LogP contribution in [0.25, 0.3) is 0 Å². The third-order valence-electron chi connectivity index (χ3n) is 2.91. The second-order valence-corrected chi connectivity index (χ2v) is 5.37. The number of nitrogens with zero attached hydrogens (tertiary/aromatic N) is 1. The molecule has 6 heteroatoms. The quantitative estimate of drug-likeness (QED) is 0.324. The van der Waals surface area contributed by atoms with Gasteiger partial charge in [-0.2, -0.15) is 0 Å². The second-order valence-electron chi connectivity index (χ2n) is 4.51.